The molecule has 0 bridgehead atoms. The normalized spacial score (nSPS) is 10.4. The summed E-state index contributed by atoms with van der Waals surface area (Å²) in [5.41, 5.74) is 1.65. The fourth-order valence-electron chi connectivity index (χ4n) is 2.63. The van der Waals surface area contributed by atoms with Crippen LogP contribution < -0.4 is 9.47 Å². The van der Waals surface area contributed by atoms with Crippen LogP contribution in [0, 0.1) is 6.92 Å². The van der Waals surface area contributed by atoms with E-state index in [9.17, 15) is 0 Å². The molecule has 0 N–H and O–H groups in total. The monoisotopic (exact) mass is 363 g/mol. The van der Waals surface area contributed by atoms with Gasteiger partial charge in [-0.15, -0.1) is 12.4 Å². The van der Waals surface area contributed by atoms with Crippen molar-refractivity contribution in [3.8, 4) is 23.0 Å². The molecular weight excluding hydrogens is 342 g/mol. The average molecular weight is 364 g/mol. The van der Waals surface area contributed by atoms with E-state index in [-0.39, 0.29) is 12.4 Å². The van der Waals surface area contributed by atoms with E-state index in [0.717, 1.165) is 35.0 Å². The Bertz CT molecular complexity index is 842. The summed E-state index contributed by atoms with van der Waals surface area (Å²) in [4.78, 5) is 9.01. The second kappa shape index (κ2) is 8.07. The third kappa shape index (κ3) is 3.79. The molecular formula is C18H22ClN3O3. The first kappa shape index (κ1) is 18.9. The largest absolute Gasteiger partial charge is 0.497 e. The SMILES string of the molecule is CCc1nccn1Cc1nc(-c2cc(OC)ccc2OC)oc1C.Cl. The molecule has 7 heteroatoms. The highest BCUT2D eigenvalue weighted by Crippen LogP contribution is 2.34. The molecule has 6 nitrogen and oxygen atoms in total. The standard InChI is InChI=1S/C18H21N3O3.ClH/c1-5-17-19-8-9-21(17)11-15-12(2)24-18(20-15)14-10-13(22-3)6-7-16(14)23-4;/h6-10H,5,11H2,1-4H3;1H. The van der Waals surface area contributed by atoms with E-state index in [0.29, 0.717) is 18.2 Å². The van der Waals surface area contributed by atoms with Crippen molar-refractivity contribution in [1.29, 1.82) is 0 Å². The van der Waals surface area contributed by atoms with Crippen molar-refractivity contribution in [2.45, 2.75) is 26.8 Å². The van der Waals surface area contributed by atoms with E-state index in [2.05, 4.69) is 21.5 Å². The number of ether oxygens (including phenoxy) is 2. The Hall–Kier alpha value is -2.47. The van der Waals surface area contributed by atoms with E-state index in [1.54, 1.807) is 20.4 Å². The lowest BCUT2D eigenvalue weighted by Gasteiger charge is -2.07. The van der Waals surface area contributed by atoms with Crippen molar-refractivity contribution >= 4 is 12.4 Å². The van der Waals surface area contributed by atoms with Gasteiger partial charge in [0.2, 0.25) is 5.89 Å². The highest BCUT2D eigenvalue weighted by Gasteiger charge is 2.17. The van der Waals surface area contributed by atoms with Crippen molar-refractivity contribution in [3.05, 3.63) is 47.9 Å². The number of aryl methyl sites for hydroxylation is 2. The van der Waals surface area contributed by atoms with Gasteiger partial charge >= 0.3 is 0 Å². The molecule has 0 unspecified atom stereocenters. The van der Waals surface area contributed by atoms with E-state index in [1.807, 2.05) is 31.3 Å². The lowest BCUT2D eigenvalue weighted by atomic mass is 10.2. The molecule has 0 aliphatic rings. The fraction of sp³-hybridized carbons (Fsp3) is 0.333. The zero-order valence-electron chi connectivity index (χ0n) is 14.8. The topological polar surface area (TPSA) is 62.3 Å². The van der Waals surface area contributed by atoms with Gasteiger partial charge in [-0.25, -0.2) is 9.97 Å². The molecule has 0 saturated heterocycles. The minimum Gasteiger partial charge on any atom is -0.497 e. The molecule has 0 spiro atoms. The van der Waals surface area contributed by atoms with Gasteiger partial charge in [0.25, 0.3) is 0 Å². The Morgan fingerprint density at radius 2 is 2.00 bits per heavy atom. The molecule has 0 saturated carbocycles. The first-order valence-corrected chi connectivity index (χ1v) is 7.85. The van der Waals surface area contributed by atoms with Gasteiger partial charge in [0.1, 0.15) is 28.8 Å². The Kier molecular flexibility index (Phi) is 6.09. The quantitative estimate of drug-likeness (QED) is 0.664. The summed E-state index contributed by atoms with van der Waals surface area (Å²) in [6.07, 6.45) is 4.64. The number of methoxy groups -OCH3 is 2. The van der Waals surface area contributed by atoms with Crippen molar-refractivity contribution < 1.29 is 13.9 Å². The van der Waals surface area contributed by atoms with E-state index < -0.39 is 0 Å². The molecule has 0 aliphatic carbocycles. The Labute approximate surface area is 153 Å². The molecule has 25 heavy (non-hydrogen) atoms. The summed E-state index contributed by atoms with van der Waals surface area (Å²) in [7, 11) is 3.25. The second-order valence-electron chi connectivity index (χ2n) is 5.41. The van der Waals surface area contributed by atoms with Crippen LogP contribution in [-0.2, 0) is 13.0 Å². The zero-order chi connectivity index (χ0) is 17.1. The Morgan fingerprint density at radius 3 is 2.68 bits per heavy atom. The van der Waals surface area contributed by atoms with Crippen LogP contribution in [0.4, 0.5) is 0 Å². The van der Waals surface area contributed by atoms with Crippen LogP contribution >= 0.6 is 12.4 Å². The number of rotatable bonds is 6. The lowest BCUT2D eigenvalue weighted by Crippen LogP contribution is -2.04. The van der Waals surface area contributed by atoms with Crippen LogP contribution in [0.15, 0.2) is 35.0 Å². The number of aromatic nitrogens is 3. The number of hydrogen-bond donors (Lipinski definition) is 0. The van der Waals surface area contributed by atoms with Crippen LogP contribution in [-0.4, -0.2) is 28.8 Å². The van der Waals surface area contributed by atoms with Gasteiger partial charge in [0, 0.05) is 18.8 Å². The minimum absolute atomic E-state index is 0. The molecule has 3 aromatic rings. The highest BCUT2D eigenvalue weighted by atomic mass is 35.5. The highest BCUT2D eigenvalue weighted by molar-refractivity contribution is 5.85. The van der Waals surface area contributed by atoms with Gasteiger partial charge in [-0.3, -0.25) is 0 Å². The first-order chi connectivity index (χ1) is 11.7. The van der Waals surface area contributed by atoms with Crippen molar-refractivity contribution in [1.82, 2.24) is 14.5 Å². The minimum atomic E-state index is 0. The van der Waals surface area contributed by atoms with Gasteiger partial charge in [-0.05, 0) is 25.1 Å². The summed E-state index contributed by atoms with van der Waals surface area (Å²) in [6, 6.07) is 5.55. The van der Waals surface area contributed by atoms with Crippen LogP contribution in [0.25, 0.3) is 11.5 Å². The number of halogens is 1. The second-order valence-corrected chi connectivity index (χ2v) is 5.41. The first-order valence-electron chi connectivity index (χ1n) is 7.85. The molecule has 2 aromatic heterocycles. The Morgan fingerprint density at radius 1 is 1.20 bits per heavy atom. The third-order valence-corrected chi connectivity index (χ3v) is 3.97. The van der Waals surface area contributed by atoms with Gasteiger partial charge < -0.3 is 18.5 Å². The van der Waals surface area contributed by atoms with Crippen LogP contribution in [0.3, 0.4) is 0 Å². The lowest BCUT2D eigenvalue weighted by molar-refractivity contribution is 0.402. The number of imidazole rings is 1. The van der Waals surface area contributed by atoms with Crippen LogP contribution in [0.1, 0.15) is 24.2 Å². The molecule has 3 rings (SSSR count). The molecule has 0 fully saturated rings. The maximum absolute atomic E-state index is 5.88. The van der Waals surface area contributed by atoms with Crippen LogP contribution in [0.2, 0.25) is 0 Å². The van der Waals surface area contributed by atoms with Crippen molar-refractivity contribution in [3.63, 3.8) is 0 Å². The smallest absolute Gasteiger partial charge is 0.230 e. The van der Waals surface area contributed by atoms with Gasteiger partial charge in [-0.2, -0.15) is 0 Å². The van der Waals surface area contributed by atoms with Crippen molar-refractivity contribution in [2.75, 3.05) is 14.2 Å². The molecule has 0 atom stereocenters. The molecule has 2 heterocycles. The molecule has 0 amide bonds. The summed E-state index contributed by atoms with van der Waals surface area (Å²) in [5.74, 6) is 3.76. The number of nitrogens with zero attached hydrogens (tertiary/aromatic N) is 3. The molecule has 1 aromatic carbocycles. The van der Waals surface area contributed by atoms with E-state index in [1.165, 1.54) is 0 Å². The van der Waals surface area contributed by atoms with E-state index in [4.69, 9.17) is 13.9 Å². The number of hydrogen-bond acceptors (Lipinski definition) is 5. The summed E-state index contributed by atoms with van der Waals surface area (Å²) < 4.78 is 18.7. The Balaban J connectivity index is 0.00000225. The summed E-state index contributed by atoms with van der Waals surface area (Å²) in [6.45, 7) is 4.63. The summed E-state index contributed by atoms with van der Waals surface area (Å²) in [5, 5.41) is 0. The van der Waals surface area contributed by atoms with Gasteiger partial charge in [0.05, 0.1) is 26.3 Å². The average Bonchev–Trinajstić information content (AvgIpc) is 3.21. The van der Waals surface area contributed by atoms with Crippen LogP contribution in [0.5, 0.6) is 11.5 Å². The number of benzene rings is 1. The summed E-state index contributed by atoms with van der Waals surface area (Å²) >= 11 is 0. The maximum Gasteiger partial charge on any atom is 0.230 e. The molecule has 134 valence electrons. The molecule has 0 aliphatic heterocycles. The van der Waals surface area contributed by atoms with E-state index >= 15 is 0 Å². The predicted octanol–water partition coefficient (Wildman–Crippen LogP) is 3.90. The molecule has 0 radical (unpaired) electrons. The number of oxazole rings is 1. The van der Waals surface area contributed by atoms with Gasteiger partial charge in [-0.1, -0.05) is 6.92 Å². The maximum atomic E-state index is 5.88. The van der Waals surface area contributed by atoms with Crippen molar-refractivity contribution in [2.24, 2.45) is 0 Å². The zero-order valence-corrected chi connectivity index (χ0v) is 15.6. The third-order valence-electron chi connectivity index (χ3n) is 3.97. The predicted molar refractivity (Wildman–Crippen MR) is 97.7 cm³/mol. The van der Waals surface area contributed by atoms with Gasteiger partial charge in [0.15, 0.2) is 0 Å². The fourth-order valence-corrected chi connectivity index (χ4v) is 2.63.